The summed E-state index contributed by atoms with van der Waals surface area (Å²) in [7, 11) is 0. The number of halogens is 1. The van der Waals surface area contributed by atoms with Crippen molar-refractivity contribution in [3.8, 4) is 0 Å². The molecule has 0 aromatic heterocycles. The summed E-state index contributed by atoms with van der Waals surface area (Å²) >= 11 is 0. The maximum Gasteiger partial charge on any atom is 0.214 e. The zero-order valence-corrected chi connectivity index (χ0v) is 7.24. The third-order valence-electron chi connectivity index (χ3n) is 1.80. The highest BCUT2D eigenvalue weighted by atomic mass is 19.1. The lowest BCUT2D eigenvalue weighted by atomic mass is 10.1. The Morgan fingerprint density at radius 2 is 2.00 bits per heavy atom. The van der Waals surface area contributed by atoms with Gasteiger partial charge in [-0.1, -0.05) is 12.1 Å². The number of nitrogens with zero attached hydrogens (tertiary/aromatic N) is 1. The van der Waals surface area contributed by atoms with E-state index in [4.69, 9.17) is 0 Å². The summed E-state index contributed by atoms with van der Waals surface area (Å²) in [5, 5.41) is 10.3. The highest BCUT2D eigenvalue weighted by Crippen LogP contribution is 2.06. The normalized spacial score (nSPS) is 12.5. The van der Waals surface area contributed by atoms with Gasteiger partial charge in [-0.25, -0.2) is 4.39 Å². The molecule has 0 aliphatic rings. The molecule has 13 heavy (non-hydrogen) atoms. The molecule has 1 rings (SSSR count). The molecule has 0 heterocycles. The molecule has 0 radical (unpaired) electrons. The lowest BCUT2D eigenvalue weighted by Gasteiger charge is -2.02. The second-order valence-electron chi connectivity index (χ2n) is 2.96. The van der Waals surface area contributed by atoms with Crippen molar-refractivity contribution >= 4 is 0 Å². The summed E-state index contributed by atoms with van der Waals surface area (Å²) in [4.78, 5) is 9.96. The monoisotopic (exact) mass is 183 g/mol. The molecular weight excluding hydrogens is 173 g/mol. The smallest absolute Gasteiger partial charge is 0.214 e. The van der Waals surface area contributed by atoms with Crippen molar-refractivity contribution in [1.29, 1.82) is 0 Å². The van der Waals surface area contributed by atoms with Crippen LogP contribution >= 0.6 is 0 Å². The minimum atomic E-state index is -0.620. The molecule has 0 aliphatic heterocycles. The van der Waals surface area contributed by atoms with Crippen LogP contribution < -0.4 is 0 Å². The molecule has 70 valence electrons. The Hall–Kier alpha value is -1.45. The van der Waals surface area contributed by atoms with Crippen LogP contribution in [0.3, 0.4) is 0 Å². The van der Waals surface area contributed by atoms with Crippen LogP contribution in [0, 0.1) is 15.9 Å². The van der Waals surface area contributed by atoms with Crippen LogP contribution in [-0.4, -0.2) is 11.0 Å². The van der Waals surface area contributed by atoms with E-state index in [0.717, 1.165) is 5.56 Å². The molecule has 4 heteroatoms. The first kappa shape index (κ1) is 9.64. The number of benzene rings is 1. The molecule has 1 aromatic carbocycles. The largest absolute Gasteiger partial charge is 0.264 e. The maximum atomic E-state index is 12.4. The zero-order chi connectivity index (χ0) is 9.84. The van der Waals surface area contributed by atoms with Crippen LogP contribution in [0.25, 0.3) is 0 Å². The first-order valence-electron chi connectivity index (χ1n) is 3.97. The van der Waals surface area contributed by atoms with Crippen LogP contribution in [0.5, 0.6) is 0 Å². The van der Waals surface area contributed by atoms with Gasteiger partial charge in [-0.05, 0) is 17.7 Å². The summed E-state index contributed by atoms with van der Waals surface area (Å²) in [6.07, 6.45) is 0.341. The van der Waals surface area contributed by atoms with Crippen LogP contribution in [0.4, 0.5) is 4.39 Å². The fraction of sp³-hybridized carbons (Fsp3) is 0.333. The second kappa shape index (κ2) is 3.98. The van der Waals surface area contributed by atoms with Gasteiger partial charge in [0.05, 0.1) is 0 Å². The van der Waals surface area contributed by atoms with Crippen LogP contribution in [0.2, 0.25) is 0 Å². The minimum absolute atomic E-state index is 0.322. The fourth-order valence-corrected chi connectivity index (χ4v) is 1.04. The zero-order valence-electron chi connectivity index (χ0n) is 7.24. The summed E-state index contributed by atoms with van der Waals surface area (Å²) in [5.74, 6) is -0.322. The van der Waals surface area contributed by atoms with Gasteiger partial charge in [-0.15, -0.1) is 0 Å². The highest BCUT2D eigenvalue weighted by molar-refractivity contribution is 5.16. The third-order valence-corrected chi connectivity index (χ3v) is 1.80. The molecule has 0 saturated carbocycles. The molecule has 0 fully saturated rings. The van der Waals surface area contributed by atoms with Gasteiger partial charge < -0.3 is 0 Å². The van der Waals surface area contributed by atoms with E-state index < -0.39 is 6.04 Å². The summed E-state index contributed by atoms with van der Waals surface area (Å²) < 4.78 is 12.4. The molecular formula is C9H10FNO2. The Labute approximate surface area is 75.3 Å². The van der Waals surface area contributed by atoms with Gasteiger partial charge >= 0.3 is 0 Å². The van der Waals surface area contributed by atoms with Crippen LogP contribution in [-0.2, 0) is 6.42 Å². The van der Waals surface area contributed by atoms with E-state index in [1.54, 1.807) is 12.1 Å². The number of rotatable bonds is 3. The van der Waals surface area contributed by atoms with Gasteiger partial charge in [0.1, 0.15) is 5.82 Å². The molecule has 3 nitrogen and oxygen atoms in total. The first-order chi connectivity index (χ1) is 6.09. The average Bonchev–Trinajstić information content (AvgIpc) is 2.08. The third kappa shape index (κ3) is 2.82. The Balaban J connectivity index is 2.64. The Kier molecular flexibility index (Phi) is 2.95. The highest BCUT2D eigenvalue weighted by Gasteiger charge is 2.12. The Bertz CT molecular complexity index is 297. The van der Waals surface area contributed by atoms with Crippen molar-refractivity contribution in [1.82, 2.24) is 0 Å². The summed E-state index contributed by atoms with van der Waals surface area (Å²) in [5.41, 5.74) is 0.783. The Morgan fingerprint density at radius 1 is 1.46 bits per heavy atom. The average molecular weight is 183 g/mol. The summed E-state index contributed by atoms with van der Waals surface area (Å²) in [6, 6.07) is 5.12. The fourth-order valence-electron chi connectivity index (χ4n) is 1.04. The molecule has 1 aromatic rings. The van der Waals surface area contributed by atoms with E-state index in [-0.39, 0.29) is 10.7 Å². The number of hydrogen-bond donors (Lipinski definition) is 0. The number of hydrogen-bond acceptors (Lipinski definition) is 2. The van der Waals surface area contributed by atoms with Gasteiger partial charge in [-0.3, -0.25) is 10.1 Å². The molecule has 0 bridgehead atoms. The lowest BCUT2D eigenvalue weighted by molar-refractivity contribution is -0.517. The van der Waals surface area contributed by atoms with Gasteiger partial charge in [0.2, 0.25) is 6.04 Å². The Morgan fingerprint density at radius 3 is 2.46 bits per heavy atom. The van der Waals surface area contributed by atoms with Crippen molar-refractivity contribution < 1.29 is 9.31 Å². The van der Waals surface area contributed by atoms with Crippen molar-refractivity contribution in [2.24, 2.45) is 0 Å². The quantitative estimate of drug-likeness (QED) is 0.531. The molecule has 1 atom stereocenters. The van der Waals surface area contributed by atoms with E-state index in [0.29, 0.717) is 6.42 Å². The minimum Gasteiger partial charge on any atom is -0.264 e. The topological polar surface area (TPSA) is 43.1 Å². The van der Waals surface area contributed by atoms with Gasteiger partial charge in [0.25, 0.3) is 0 Å². The molecule has 0 spiro atoms. The standard InChI is InChI=1S/C9H10FNO2/c1-7(11(12)13)6-8-2-4-9(10)5-3-8/h2-5,7H,6H2,1H3/t7-/m1/s1. The van der Waals surface area contributed by atoms with Crippen molar-refractivity contribution in [3.63, 3.8) is 0 Å². The lowest BCUT2D eigenvalue weighted by Crippen LogP contribution is -2.17. The van der Waals surface area contributed by atoms with E-state index in [1.807, 2.05) is 0 Å². The molecule has 0 aliphatic carbocycles. The van der Waals surface area contributed by atoms with Crippen LogP contribution in [0.1, 0.15) is 12.5 Å². The SMILES string of the molecule is C[C@H](Cc1ccc(F)cc1)[N+](=O)[O-]. The van der Waals surface area contributed by atoms with Gasteiger partial charge in [0, 0.05) is 18.3 Å². The van der Waals surface area contributed by atoms with Gasteiger partial charge in [0.15, 0.2) is 0 Å². The molecule has 0 amide bonds. The van der Waals surface area contributed by atoms with E-state index in [9.17, 15) is 14.5 Å². The van der Waals surface area contributed by atoms with Crippen LogP contribution in [0.15, 0.2) is 24.3 Å². The molecule has 0 saturated heterocycles. The molecule has 0 N–H and O–H groups in total. The van der Waals surface area contributed by atoms with Crippen molar-refractivity contribution in [2.45, 2.75) is 19.4 Å². The van der Waals surface area contributed by atoms with E-state index in [2.05, 4.69) is 0 Å². The first-order valence-corrected chi connectivity index (χ1v) is 3.97. The predicted octanol–water partition coefficient (Wildman–Crippen LogP) is 2.03. The van der Waals surface area contributed by atoms with Crippen molar-refractivity contribution in [3.05, 3.63) is 45.8 Å². The molecule has 0 unspecified atom stereocenters. The number of nitro groups is 1. The van der Waals surface area contributed by atoms with E-state index in [1.165, 1.54) is 19.1 Å². The predicted molar refractivity (Wildman–Crippen MR) is 46.6 cm³/mol. The second-order valence-corrected chi connectivity index (χ2v) is 2.96. The van der Waals surface area contributed by atoms with Crippen molar-refractivity contribution in [2.75, 3.05) is 0 Å². The van der Waals surface area contributed by atoms with Gasteiger partial charge in [-0.2, -0.15) is 0 Å². The summed E-state index contributed by atoms with van der Waals surface area (Å²) in [6.45, 7) is 1.53. The maximum absolute atomic E-state index is 12.4. The van der Waals surface area contributed by atoms with E-state index >= 15 is 0 Å².